The number of thioether (sulfide) groups is 1. The Hall–Kier alpha value is -3.56. The molecule has 1 N–H and O–H groups in total. The van der Waals surface area contributed by atoms with Gasteiger partial charge in [0.15, 0.2) is 6.61 Å². The van der Waals surface area contributed by atoms with Gasteiger partial charge in [-0.3, -0.25) is 19.3 Å². The number of nitrogens with one attached hydrogen (secondary N) is 1. The molecular weight excluding hydrogens is 556 g/mol. The third kappa shape index (κ3) is 7.24. The van der Waals surface area contributed by atoms with Crippen molar-refractivity contribution in [3.05, 3.63) is 92.8 Å². The van der Waals surface area contributed by atoms with Gasteiger partial charge >= 0.3 is 0 Å². The third-order valence-corrected chi connectivity index (χ3v) is 6.77. The third-order valence-electron chi connectivity index (χ3n) is 5.37. The predicted molar refractivity (Wildman–Crippen MR) is 149 cm³/mol. The van der Waals surface area contributed by atoms with Crippen molar-refractivity contribution in [2.75, 3.05) is 25.1 Å². The summed E-state index contributed by atoms with van der Waals surface area (Å²) in [5, 5.41) is 2.44. The standard InChI is InChI=1S/C28H25BrN2O5S/c1-18-5-3-7-22(13-18)30-26(32)17-36-24-10-9-21(29)15-20(24)16-25-27(33)31(28(34)37-25)11-12-35-23-8-4-6-19(2)14-23/h3-10,13-16H,11-12,17H2,1-2H3,(H,30,32)/b25-16-. The first-order valence-electron chi connectivity index (χ1n) is 11.5. The van der Waals surface area contributed by atoms with E-state index in [0.29, 0.717) is 22.7 Å². The number of hydrogen-bond donors (Lipinski definition) is 1. The predicted octanol–water partition coefficient (Wildman–Crippen LogP) is 6.20. The summed E-state index contributed by atoms with van der Waals surface area (Å²) in [4.78, 5) is 39.3. The number of rotatable bonds is 9. The molecule has 3 amide bonds. The molecule has 3 aromatic carbocycles. The number of hydrogen-bond acceptors (Lipinski definition) is 6. The van der Waals surface area contributed by atoms with Gasteiger partial charge in [-0.1, -0.05) is 40.2 Å². The number of nitrogens with zero attached hydrogens (tertiary/aromatic N) is 1. The van der Waals surface area contributed by atoms with E-state index in [9.17, 15) is 14.4 Å². The van der Waals surface area contributed by atoms with Crippen LogP contribution in [0, 0.1) is 13.8 Å². The van der Waals surface area contributed by atoms with Crippen molar-refractivity contribution >= 4 is 56.5 Å². The summed E-state index contributed by atoms with van der Waals surface area (Å²) in [6.07, 6.45) is 1.60. The van der Waals surface area contributed by atoms with Gasteiger partial charge in [0, 0.05) is 15.7 Å². The van der Waals surface area contributed by atoms with E-state index in [1.54, 1.807) is 30.3 Å². The SMILES string of the molecule is Cc1cccc(NC(=O)COc2ccc(Br)cc2/C=C2\SC(=O)N(CCOc3cccc(C)c3)C2=O)c1. The highest BCUT2D eigenvalue weighted by Gasteiger charge is 2.35. The number of halogens is 1. The lowest BCUT2D eigenvalue weighted by atomic mass is 10.2. The molecule has 0 radical (unpaired) electrons. The van der Waals surface area contributed by atoms with E-state index in [0.717, 1.165) is 27.4 Å². The molecule has 3 aromatic rings. The lowest BCUT2D eigenvalue weighted by Gasteiger charge is -2.13. The normalized spacial score (nSPS) is 14.2. The molecule has 9 heteroatoms. The van der Waals surface area contributed by atoms with Crippen LogP contribution in [0.25, 0.3) is 6.08 Å². The van der Waals surface area contributed by atoms with Crippen LogP contribution in [0.4, 0.5) is 10.5 Å². The molecule has 4 rings (SSSR count). The second-order valence-electron chi connectivity index (χ2n) is 8.39. The Bertz CT molecular complexity index is 1370. The fourth-order valence-electron chi connectivity index (χ4n) is 3.62. The minimum atomic E-state index is -0.397. The quantitative estimate of drug-likeness (QED) is 0.303. The molecule has 1 fully saturated rings. The molecule has 37 heavy (non-hydrogen) atoms. The van der Waals surface area contributed by atoms with E-state index in [-0.39, 0.29) is 35.8 Å². The number of amides is 3. The fraction of sp³-hybridized carbons (Fsp3) is 0.179. The Balaban J connectivity index is 1.40. The highest BCUT2D eigenvalue weighted by Crippen LogP contribution is 2.35. The first-order chi connectivity index (χ1) is 17.8. The molecule has 0 saturated carbocycles. The van der Waals surface area contributed by atoms with Crippen molar-refractivity contribution in [3.63, 3.8) is 0 Å². The Morgan fingerprint density at radius 2 is 1.76 bits per heavy atom. The largest absolute Gasteiger partial charge is 0.492 e. The van der Waals surface area contributed by atoms with Crippen molar-refractivity contribution in [2.45, 2.75) is 13.8 Å². The molecule has 0 aliphatic carbocycles. The fourth-order valence-corrected chi connectivity index (χ4v) is 4.86. The molecule has 0 atom stereocenters. The molecular formula is C28H25BrN2O5S. The molecule has 1 aliphatic rings. The monoisotopic (exact) mass is 580 g/mol. The minimum absolute atomic E-state index is 0.136. The van der Waals surface area contributed by atoms with Crippen LogP contribution >= 0.6 is 27.7 Å². The Morgan fingerprint density at radius 3 is 2.51 bits per heavy atom. The summed E-state index contributed by atoms with van der Waals surface area (Å²) < 4.78 is 12.2. The highest BCUT2D eigenvalue weighted by molar-refractivity contribution is 9.10. The summed E-state index contributed by atoms with van der Waals surface area (Å²) in [6, 6.07) is 20.3. The summed E-state index contributed by atoms with van der Waals surface area (Å²) in [5.41, 5.74) is 3.35. The van der Waals surface area contributed by atoms with Crippen molar-refractivity contribution in [1.29, 1.82) is 0 Å². The van der Waals surface area contributed by atoms with Crippen LogP contribution in [-0.4, -0.2) is 41.7 Å². The molecule has 1 aliphatic heterocycles. The zero-order chi connectivity index (χ0) is 26.4. The zero-order valence-corrected chi connectivity index (χ0v) is 22.7. The van der Waals surface area contributed by atoms with Gasteiger partial charge in [-0.15, -0.1) is 0 Å². The zero-order valence-electron chi connectivity index (χ0n) is 20.3. The molecule has 0 bridgehead atoms. The molecule has 190 valence electrons. The maximum absolute atomic E-state index is 13.0. The number of aryl methyl sites for hydroxylation is 2. The van der Waals surface area contributed by atoms with E-state index < -0.39 is 5.91 Å². The lowest BCUT2D eigenvalue weighted by molar-refractivity contribution is -0.123. The van der Waals surface area contributed by atoms with Gasteiger partial charge in [-0.2, -0.15) is 0 Å². The first kappa shape index (κ1) is 26.5. The number of benzene rings is 3. The Kier molecular flexibility index (Phi) is 8.68. The first-order valence-corrected chi connectivity index (χ1v) is 13.1. The van der Waals surface area contributed by atoms with E-state index >= 15 is 0 Å². The maximum Gasteiger partial charge on any atom is 0.293 e. The number of ether oxygens (including phenoxy) is 2. The van der Waals surface area contributed by atoms with Gasteiger partial charge in [0.1, 0.15) is 18.1 Å². The van der Waals surface area contributed by atoms with Crippen LogP contribution in [0.1, 0.15) is 16.7 Å². The van der Waals surface area contributed by atoms with Gasteiger partial charge < -0.3 is 14.8 Å². The molecule has 0 aromatic heterocycles. The average molecular weight is 581 g/mol. The molecule has 0 unspecified atom stereocenters. The van der Waals surface area contributed by atoms with Crippen LogP contribution in [0.2, 0.25) is 0 Å². The maximum atomic E-state index is 13.0. The summed E-state index contributed by atoms with van der Waals surface area (Å²) in [6.45, 7) is 4.02. The van der Waals surface area contributed by atoms with E-state index in [2.05, 4.69) is 21.2 Å². The van der Waals surface area contributed by atoms with Crippen LogP contribution < -0.4 is 14.8 Å². The second-order valence-corrected chi connectivity index (χ2v) is 10.3. The van der Waals surface area contributed by atoms with E-state index in [1.807, 2.05) is 56.3 Å². The minimum Gasteiger partial charge on any atom is -0.492 e. The van der Waals surface area contributed by atoms with E-state index in [1.165, 1.54) is 4.90 Å². The van der Waals surface area contributed by atoms with Gasteiger partial charge in [0.25, 0.3) is 17.1 Å². The second kappa shape index (κ2) is 12.1. The number of anilines is 1. The van der Waals surface area contributed by atoms with Crippen molar-refractivity contribution in [3.8, 4) is 11.5 Å². The molecule has 7 nitrogen and oxygen atoms in total. The molecule has 0 spiro atoms. The van der Waals surface area contributed by atoms with Gasteiger partial charge in [0.2, 0.25) is 0 Å². The summed E-state index contributed by atoms with van der Waals surface area (Å²) >= 11 is 4.29. The number of carbonyl (C=O) groups is 3. The van der Waals surface area contributed by atoms with Gasteiger partial charge in [0.05, 0.1) is 11.4 Å². The van der Waals surface area contributed by atoms with Gasteiger partial charge in [-0.25, -0.2) is 0 Å². The van der Waals surface area contributed by atoms with Crippen LogP contribution in [0.5, 0.6) is 11.5 Å². The van der Waals surface area contributed by atoms with E-state index in [4.69, 9.17) is 9.47 Å². The van der Waals surface area contributed by atoms with Crippen LogP contribution in [0.3, 0.4) is 0 Å². The molecule has 1 heterocycles. The Morgan fingerprint density at radius 1 is 1.00 bits per heavy atom. The van der Waals surface area contributed by atoms with Gasteiger partial charge in [-0.05, 0) is 85.3 Å². The van der Waals surface area contributed by atoms with Crippen molar-refractivity contribution in [1.82, 2.24) is 4.90 Å². The summed E-state index contributed by atoms with van der Waals surface area (Å²) in [5.74, 6) is 0.390. The summed E-state index contributed by atoms with van der Waals surface area (Å²) in [7, 11) is 0. The van der Waals surface area contributed by atoms with Crippen molar-refractivity contribution < 1.29 is 23.9 Å². The number of carbonyl (C=O) groups excluding carboxylic acids is 3. The smallest absolute Gasteiger partial charge is 0.293 e. The van der Waals surface area contributed by atoms with Crippen LogP contribution in [0.15, 0.2) is 76.1 Å². The van der Waals surface area contributed by atoms with Crippen LogP contribution in [-0.2, 0) is 9.59 Å². The highest BCUT2D eigenvalue weighted by atomic mass is 79.9. The lowest BCUT2D eigenvalue weighted by Crippen LogP contribution is -2.32. The molecule has 1 saturated heterocycles. The topological polar surface area (TPSA) is 84.9 Å². The van der Waals surface area contributed by atoms with Crippen molar-refractivity contribution in [2.24, 2.45) is 0 Å². The number of imide groups is 1. The Labute approximate surface area is 228 Å². The average Bonchev–Trinajstić information content (AvgIpc) is 3.11.